The van der Waals surface area contributed by atoms with E-state index in [1.165, 1.54) is 64.8 Å². The molecule has 17 heavy (non-hydrogen) atoms. The summed E-state index contributed by atoms with van der Waals surface area (Å²) in [5.41, 5.74) is 0. The lowest BCUT2D eigenvalue weighted by Gasteiger charge is -2.35. The quantitative estimate of drug-likeness (QED) is 0.656. The second-order valence-corrected chi connectivity index (χ2v) is 5.85. The molecule has 102 valence electrons. The number of unbranched alkanes of at least 4 members (excludes halogenated alkanes) is 2. The summed E-state index contributed by atoms with van der Waals surface area (Å²) in [5, 5.41) is 3.47. The van der Waals surface area contributed by atoms with Crippen LogP contribution in [0.5, 0.6) is 0 Å². The van der Waals surface area contributed by atoms with Crippen molar-refractivity contribution in [3.05, 3.63) is 0 Å². The predicted octanol–water partition coefficient (Wildman–Crippen LogP) is 3.13. The van der Waals surface area contributed by atoms with E-state index in [4.69, 9.17) is 0 Å². The van der Waals surface area contributed by atoms with Crippen LogP contribution in [0.25, 0.3) is 0 Å². The van der Waals surface area contributed by atoms with Crippen molar-refractivity contribution in [1.29, 1.82) is 0 Å². The molecule has 0 aromatic rings. The molecule has 1 rings (SSSR count). The fraction of sp³-hybridized carbons (Fsp3) is 1.00. The Bertz CT molecular complexity index is 182. The van der Waals surface area contributed by atoms with Crippen LogP contribution in [-0.4, -0.2) is 37.6 Å². The minimum atomic E-state index is 0.898. The van der Waals surface area contributed by atoms with E-state index in [0.717, 1.165) is 11.8 Å². The fourth-order valence-corrected chi connectivity index (χ4v) is 2.62. The van der Waals surface area contributed by atoms with E-state index in [0.29, 0.717) is 0 Å². The third kappa shape index (κ3) is 6.42. The van der Waals surface area contributed by atoms with Crippen LogP contribution < -0.4 is 5.32 Å². The highest BCUT2D eigenvalue weighted by Gasteiger charge is 2.21. The molecule has 0 spiro atoms. The maximum atomic E-state index is 3.47. The predicted molar refractivity (Wildman–Crippen MR) is 76.4 cm³/mol. The summed E-state index contributed by atoms with van der Waals surface area (Å²) in [6.07, 6.45) is 6.77. The average molecular weight is 240 g/mol. The van der Waals surface area contributed by atoms with Gasteiger partial charge in [-0.2, -0.15) is 0 Å². The molecule has 0 amide bonds. The number of likely N-dealkylation sites (tertiary alicyclic amines) is 1. The van der Waals surface area contributed by atoms with Crippen molar-refractivity contribution in [2.75, 3.05) is 32.7 Å². The van der Waals surface area contributed by atoms with Crippen molar-refractivity contribution in [2.45, 2.75) is 52.9 Å². The van der Waals surface area contributed by atoms with E-state index in [1.54, 1.807) is 0 Å². The lowest BCUT2D eigenvalue weighted by molar-refractivity contribution is 0.136. The van der Waals surface area contributed by atoms with Crippen molar-refractivity contribution in [1.82, 2.24) is 10.2 Å². The fourth-order valence-electron chi connectivity index (χ4n) is 2.62. The van der Waals surface area contributed by atoms with Gasteiger partial charge in [-0.1, -0.05) is 27.2 Å². The van der Waals surface area contributed by atoms with Gasteiger partial charge in [-0.25, -0.2) is 0 Å². The van der Waals surface area contributed by atoms with Crippen molar-refractivity contribution in [2.24, 2.45) is 11.8 Å². The van der Waals surface area contributed by atoms with Gasteiger partial charge in [-0.15, -0.1) is 0 Å². The molecular formula is C15H32N2. The maximum Gasteiger partial charge on any atom is 0.000957 e. The Kier molecular flexibility index (Phi) is 7.87. The van der Waals surface area contributed by atoms with Gasteiger partial charge in [0.2, 0.25) is 0 Å². The molecule has 1 saturated heterocycles. The molecule has 2 atom stereocenters. The number of piperidine rings is 1. The SMILES string of the molecule is CCCNCCCCCN1CCC(C)C(C)C1. The van der Waals surface area contributed by atoms with Crippen LogP contribution in [0.4, 0.5) is 0 Å². The van der Waals surface area contributed by atoms with Gasteiger partial charge in [-0.05, 0) is 63.7 Å². The van der Waals surface area contributed by atoms with Crippen molar-refractivity contribution < 1.29 is 0 Å². The molecule has 1 heterocycles. The Labute approximate surface area is 108 Å². The van der Waals surface area contributed by atoms with E-state index >= 15 is 0 Å². The molecule has 2 nitrogen and oxygen atoms in total. The zero-order chi connectivity index (χ0) is 12.5. The molecule has 0 saturated carbocycles. The van der Waals surface area contributed by atoms with Gasteiger partial charge in [0.1, 0.15) is 0 Å². The Morgan fingerprint density at radius 1 is 1.06 bits per heavy atom. The summed E-state index contributed by atoms with van der Waals surface area (Å²) in [4.78, 5) is 2.67. The number of nitrogens with one attached hydrogen (secondary N) is 1. The zero-order valence-electron chi connectivity index (χ0n) is 12.2. The van der Waals surface area contributed by atoms with Gasteiger partial charge >= 0.3 is 0 Å². The first kappa shape index (κ1) is 15.0. The number of hydrogen-bond donors (Lipinski definition) is 1. The Morgan fingerprint density at radius 2 is 1.88 bits per heavy atom. The monoisotopic (exact) mass is 240 g/mol. The van der Waals surface area contributed by atoms with Crippen LogP contribution in [0, 0.1) is 11.8 Å². The Hall–Kier alpha value is -0.0800. The third-order valence-electron chi connectivity index (χ3n) is 4.17. The van der Waals surface area contributed by atoms with Crippen LogP contribution in [0.2, 0.25) is 0 Å². The molecule has 0 bridgehead atoms. The van der Waals surface area contributed by atoms with E-state index in [9.17, 15) is 0 Å². The van der Waals surface area contributed by atoms with Crippen LogP contribution in [0.3, 0.4) is 0 Å². The molecule has 1 fully saturated rings. The molecule has 0 aromatic heterocycles. The van der Waals surface area contributed by atoms with Gasteiger partial charge in [0.25, 0.3) is 0 Å². The van der Waals surface area contributed by atoms with Crippen LogP contribution in [0.15, 0.2) is 0 Å². The van der Waals surface area contributed by atoms with Gasteiger partial charge < -0.3 is 10.2 Å². The smallest absolute Gasteiger partial charge is 0.000957 e. The number of hydrogen-bond acceptors (Lipinski definition) is 2. The molecule has 2 unspecified atom stereocenters. The van der Waals surface area contributed by atoms with Crippen LogP contribution in [0.1, 0.15) is 52.9 Å². The van der Waals surface area contributed by atoms with Crippen LogP contribution >= 0.6 is 0 Å². The molecule has 0 aromatic carbocycles. The molecule has 0 radical (unpaired) electrons. The standard InChI is InChI=1S/C15H32N2/c1-4-9-16-10-6-5-7-11-17-12-8-14(2)15(3)13-17/h14-16H,4-13H2,1-3H3. The first-order valence-electron chi connectivity index (χ1n) is 7.67. The molecule has 1 aliphatic rings. The molecule has 1 aliphatic heterocycles. The van der Waals surface area contributed by atoms with Gasteiger partial charge in [-0.3, -0.25) is 0 Å². The summed E-state index contributed by atoms with van der Waals surface area (Å²) in [6, 6.07) is 0. The maximum absolute atomic E-state index is 3.47. The first-order valence-corrected chi connectivity index (χ1v) is 7.67. The average Bonchev–Trinajstić information content (AvgIpc) is 2.32. The summed E-state index contributed by atoms with van der Waals surface area (Å²) >= 11 is 0. The Morgan fingerprint density at radius 3 is 2.59 bits per heavy atom. The zero-order valence-corrected chi connectivity index (χ0v) is 12.2. The number of rotatable bonds is 8. The van der Waals surface area contributed by atoms with E-state index in [-0.39, 0.29) is 0 Å². The highest BCUT2D eigenvalue weighted by Crippen LogP contribution is 2.22. The van der Waals surface area contributed by atoms with Crippen LogP contribution in [-0.2, 0) is 0 Å². The number of nitrogens with zero attached hydrogens (tertiary/aromatic N) is 1. The van der Waals surface area contributed by atoms with Gasteiger partial charge in [0, 0.05) is 6.54 Å². The topological polar surface area (TPSA) is 15.3 Å². The second-order valence-electron chi connectivity index (χ2n) is 5.85. The Balaban J connectivity index is 1.92. The van der Waals surface area contributed by atoms with Crippen molar-refractivity contribution in [3.8, 4) is 0 Å². The first-order chi connectivity index (χ1) is 8.24. The molecule has 2 heteroatoms. The summed E-state index contributed by atoms with van der Waals surface area (Å²) < 4.78 is 0. The van der Waals surface area contributed by atoms with E-state index in [2.05, 4.69) is 31.0 Å². The van der Waals surface area contributed by atoms with E-state index in [1.807, 2.05) is 0 Å². The lowest BCUT2D eigenvalue weighted by Crippen LogP contribution is -2.38. The molecule has 0 aliphatic carbocycles. The van der Waals surface area contributed by atoms with Crippen molar-refractivity contribution in [3.63, 3.8) is 0 Å². The largest absolute Gasteiger partial charge is 0.317 e. The van der Waals surface area contributed by atoms with Gasteiger partial charge in [0.05, 0.1) is 0 Å². The van der Waals surface area contributed by atoms with Crippen molar-refractivity contribution >= 4 is 0 Å². The lowest BCUT2D eigenvalue weighted by atomic mass is 9.88. The molecule has 1 N–H and O–H groups in total. The summed E-state index contributed by atoms with van der Waals surface area (Å²) in [6.45, 7) is 13.4. The normalized spacial score (nSPS) is 26.3. The summed E-state index contributed by atoms with van der Waals surface area (Å²) in [5.74, 6) is 1.83. The van der Waals surface area contributed by atoms with E-state index < -0.39 is 0 Å². The molecular weight excluding hydrogens is 208 g/mol. The van der Waals surface area contributed by atoms with Gasteiger partial charge in [0.15, 0.2) is 0 Å². The highest BCUT2D eigenvalue weighted by atomic mass is 15.1. The summed E-state index contributed by atoms with van der Waals surface area (Å²) in [7, 11) is 0. The second kappa shape index (κ2) is 8.93. The highest BCUT2D eigenvalue weighted by molar-refractivity contribution is 4.74. The minimum Gasteiger partial charge on any atom is -0.317 e. The third-order valence-corrected chi connectivity index (χ3v) is 4.17. The minimum absolute atomic E-state index is 0.898.